The lowest BCUT2D eigenvalue weighted by atomic mass is 10.1. The maximum atomic E-state index is 11.0. The molecule has 0 amide bonds. The molecule has 3 heteroatoms. The highest BCUT2D eigenvalue weighted by atomic mass is 16.5. The molecule has 0 aliphatic heterocycles. The van der Waals surface area contributed by atoms with E-state index < -0.39 is 0 Å². The molecule has 0 unspecified atom stereocenters. The van der Waals surface area contributed by atoms with E-state index in [0.29, 0.717) is 6.61 Å². The third-order valence-electron chi connectivity index (χ3n) is 1.57. The number of hydrogen-bond donors (Lipinski definition) is 0. The second-order valence-electron chi connectivity index (χ2n) is 3.48. The third kappa shape index (κ3) is 6.31. The van der Waals surface area contributed by atoms with Gasteiger partial charge in [-0.05, 0) is 14.1 Å². The average Bonchev–Trinajstić information content (AvgIpc) is 1.97. The molecule has 3 nitrogen and oxygen atoms in total. The molecular weight excluding hydrogens is 154 g/mol. The van der Waals surface area contributed by atoms with Gasteiger partial charge in [-0.25, -0.2) is 0 Å². The van der Waals surface area contributed by atoms with E-state index in [2.05, 4.69) is 0 Å². The highest BCUT2D eigenvalue weighted by Crippen LogP contribution is 1.94. The van der Waals surface area contributed by atoms with Gasteiger partial charge in [0, 0.05) is 12.5 Å². The van der Waals surface area contributed by atoms with Crippen molar-refractivity contribution in [1.82, 2.24) is 4.90 Å². The number of nitrogens with zero attached hydrogens (tertiary/aromatic N) is 1. The molecule has 0 fully saturated rings. The Kier molecular flexibility index (Phi) is 5.93. The molecule has 0 aliphatic carbocycles. The van der Waals surface area contributed by atoms with E-state index in [0.717, 1.165) is 6.54 Å². The van der Waals surface area contributed by atoms with E-state index >= 15 is 0 Å². The Hall–Kier alpha value is -0.410. The molecule has 0 saturated heterocycles. The van der Waals surface area contributed by atoms with Crippen molar-refractivity contribution in [2.75, 3.05) is 33.9 Å². The summed E-state index contributed by atoms with van der Waals surface area (Å²) < 4.78 is 5.18. The van der Waals surface area contributed by atoms with Gasteiger partial charge in [-0.2, -0.15) is 0 Å². The summed E-state index contributed by atoms with van der Waals surface area (Å²) in [6.07, 6.45) is 0. The van der Waals surface area contributed by atoms with Gasteiger partial charge in [-0.3, -0.25) is 4.79 Å². The molecule has 0 aliphatic rings. The van der Waals surface area contributed by atoms with Crippen molar-refractivity contribution < 1.29 is 9.53 Å². The van der Waals surface area contributed by atoms with Crippen molar-refractivity contribution in [3.63, 3.8) is 0 Å². The molecule has 0 bridgehead atoms. The van der Waals surface area contributed by atoms with E-state index in [-0.39, 0.29) is 18.3 Å². The fraction of sp³-hybridized carbons (Fsp3) is 0.889. The van der Waals surface area contributed by atoms with Gasteiger partial charge >= 0.3 is 0 Å². The Bertz CT molecular complexity index is 132. The van der Waals surface area contributed by atoms with Gasteiger partial charge in [0.05, 0.1) is 6.61 Å². The first-order valence-electron chi connectivity index (χ1n) is 4.29. The molecule has 12 heavy (non-hydrogen) atoms. The highest BCUT2D eigenvalue weighted by molar-refractivity contribution is 5.81. The molecule has 0 saturated carbocycles. The van der Waals surface area contributed by atoms with Crippen molar-refractivity contribution in [3.05, 3.63) is 0 Å². The smallest absolute Gasteiger partial charge is 0.160 e. The minimum Gasteiger partial charge on any atom is -0.372 e. The SMILES string of the molecule is CC(C)C(=O)COCCN(C)C. The van der Waals surface area contributed by atoms with E-state index in [1.807, 2.05) is 32.8 Å². The maximum absolute atomic E-state index is 11.0. The quantitative estimate of drug-likeness (QED) is 0.556. The summed E-state index contributed by atoms with van der Waals surface area (Å²) in [5, 5.41) is 0. The molecule has 72 valence electrons. The zero-order valence-corrected chi connectivity index (χ0v) is 8.46. The van der Waals surface area contributed by atoms with E-state index in [1.54, 1.807) is 0 Å². The minimum atomic E-state index is 0.0874. The number of ether oxygens (including phenoxy) is 1. The van der Waals surface area contributed by atoms with Crippen molar-refractivity contribution in [1.29, 1.82) is 0 Å². The van der Waals surface area contributed by atoms with E-state index in [4.69, 9.17) is 4.74 Å². The van der Waals surface area contributed by atoms with Crippen LogP contribution < -0.4 is 0 Å². The van der Waals surface area contributed by atoms with Gasteiger partial charge in [-0.15, -0.1) is 0 Å². The lowest BCUT2D eigenvalue weighted by Gasteiger charge is -2.09. The summed E-state index contributed by atoms with van der Waals surface area (Å²) in [7, 11) is 3.96. The zero-order valence-electron chi connectivity index (χ0n) is 8.46. The average molecular weight is 173 g/mol. The minimum absolute atomic E-state index is 0.0874. The lowest BCUT2D eigenvalue weighted by molar-refractivity contribution is -0.126. The van der Waals surface area contributed by atoms with E-state index in [9.17, 15) is 4.79 Å². The molecule has 0 spiro atoms. The molecule has 0 aromatic heterocycles. The normalized spacial score (nSPS) is 11.2. The molecule has 0 heterocycles. The van der Waals surface area contributed by atoms with Crippen LogP contribution in [0.5, 0.6) is 0 Å². The number of carbonyl (C=O) groups is 1. The summed E-state index contributed by atoms with van der Waals surface area (Å²) in [5.41, 5.74) is 0. The van der Waals surface area contributed by atoms with Crippen LogP contribution >= 0.6 is 0 Å². The standard InChI is InChI=1S/C9H19NO2/c1-8(2)9(11)7-12-6-5-10(3)4/h8H,5-7H2,1-4H3. The second-order valence-corrected chi connectivity index (χ2v) is 3.48. The zero-order chi connectivity index (χ0) is 9.56. The van der Waals surface area contributed by atoms with Crippen LogP contribution in [0.2, 0.25) is 0 Å². The van der Waals surface area contributed by atoms with Crippen LogP contribution in [0, 0.1) is 5.92 Å². The number of hydrogen-bond acceptors (Lipinski definition) is 3. The molecule has 0 rings (SSSR count). The molecule has 0 N–H and O–H groups in total. The number of ketones is 1. The van der Waals surface area contributed by atoms with Gasteiger partial charge in [-0.1, -0.05) is 13.8 Å². The second kappa shape index (κ2) is 6.14. The lowest BCUT2D eigenvalue weighted by Crippen LogP contribution is -2.21. The fourth-order valence-corrected chi connectivity index (χ4v) is 0.587. The monoisotopic (exact) mass is 173 g/mol. The van der Waals surface area contributed by atoms with Crippen LogP contribution in [0.3, 0.4) is 0 Å². The van der Waals surface area contributed by atoms with E-state index in [1.165, 1.54) is 0 Å². The van der Waals surface area contributed by atoms with Gasteiger partial charge < -0.3 is 9.64 Å². The summed E-state index contributed by atoms with van der Waals surface area (Å²) in [6.45, 7) is 5.53. The Morgan fingerprint density at radius 3 is 2.42 bits per heavy atom. The number of rotatable bonds is 6. The molecule has 0 aromatic carbocycles. The van der Waals surface area contributed by atoms with Crippen LogP contribution in [-0.4, -0.2) is 44.5 Å². The number of carbonyl (C=O) groups excluding carboxylic acids is 1. The Morgan fingerprint density at radius 1 is 1.42 bits per heavy atom. The Morgan fingerprint density at radius 2 is 2.00 bits per heavy atom. The van der Waals surface area contributed by atoms with Crippen LogP contribution in [0.25, 0.3) is 0 Å². The van der Waals surface area contributed by atoms with Crippen LogP contribution in [0.1, 0.15) is 13.8 Å². The topological polar surface area (TPSA) is 29.5 Å². The van der Waals surface area contributed by atoms with Crippen LogP contribution in [-0.2, 0) is 9.53 Å². The van der Waals surface area contributed by atoms with Gasteiger partial charge in [0.25, 0.3) is 0 Å². The van der Waals surface area contributed by atoms with Crippen molar-refractivity contribution in [2.45, 2.75) is 13.8 Å². The summed E-state index contributed by atoms with van der Waals surface area (Å²) in [5.74, 6) is 0.262. The van der Waals surface area contributed by atoms with Gasteiger partial charge in [0.1, 0.15) is 6.61 Å². The molecule has 0 radical (unpaired) electrons. The predicted molar refractivity (Wildman–Crippen MR) is 49.2 cm³/mol. The Balaban J connectivity index is 3.26. The fourth-order valence-electron chi connectivity index (χ4n) is 0.587. The summed E-state index contributed by atoms with van der Waals surface area (Å²) in [4.78, 5) is 13.1. The maximum Gasteiger partial charge on any atom is 0.160 e. The third-order valence-corrected chi connectivity index (χ3v) is 1.57. The number of likely N-dealkylation sites (N-methyl/N-ethyl adjacent to an activating group) is 1. The summed E-state index contributed by atoms with van der Waals surface area (Å²) >= 11 is 0. The molecular formula is C9H19NO2. The van der Waals surface area contributed by atoms with Crippen molar-refractivity contribution in [3.8, 4) is 0 Å². The van der Waals surface area contributed by atoms with Gasteiger partial charge in [0.15, 0.2) is 5.78 Å². The highest BCUT2D eigenvalue weighted by Gasteiger charge is 2.06. The van der Waals surface area contributed by atoms with Crippen molar-refractivity contribution >= 4 is 5.78 Å². The summed E-state index contributed by atoms with van der Waals surface area (Å²) in [6, 6.07) is 0. The van der Waals surface area contributed by atoms with Crippen molar-refractivity contribution in [2.24, 2.45) is 5.92 Å². The van der Waals surface area contributed by atoms with Crippen LogP contribution in [0.4, 0.5) is 0 Å². The predicted octanol–water partition coefficient (Wildman–Crippen LogP) is 0.790. The largest absolute Gasteiger partial charge is 0.372 e. The Labute approximate surface area is 74.7 Å². The number of Topliss-reactive ketones (excluding diaryl/α,β-unsaturated/α-hetero) is 1. The van der Waals surface area contributed by atoms with Crippen LogP contribution in [0.15, 0.2) is 0 Å². The first-order valence-corrected chi connectivity index (χ1v) is 4.29. The first kappa shape index (κ1) is 11.6. The van der Waals surface area contributed by atoms with Gasteiger partial charge in [0.2, 0.25) is 0 Å². The molecule has 0 aromatic rings. The molecule has 0 atom stereocenters. The first-order chi connectivity index (χ1) is 5.54.